The summed E-state index contributed by atoms with van der Waals surface area (Å²) in [5, 5.41) is 8.00. The Balaban J connectivity index is 1.41. The van der Waals surface area contributed by atoms with E-state index in [0.717, 1.165) is 23.1 Å². The zero-order chi connectivity index (χ0) is 19.8. The number of nitrogens with one attached hydrogen (secondary N) is 2. The van der Waals surface area contributed by atoms with Gasteiger partial charge < -0.3 is 9.15 Å². The van der Waals surface area contributed by atoms with Gasteiger partial charge in [0.2, 0.25) is 5.91 Å². The molecule has 0 aliphatic carbocycles. The van der Waals surface area contributed by atoms with Crippen molar-refractivity contribution < 1.29 is 18.7 Å². The van der Waals surface area contributed by atoms with E-state index in [0.29, 0.717) is 11.5 Å². The SMILES string of the molecule is Cc1ccccc1OCc1nnc(SCC(=O)NNC(=O)c2ccccc2)o1. The molecule has 144 valence electrons. The lowest BCUT2D eigenvalue weighted by atomic mass is 10.2. The molecule has 0 bridgehead atoms. The molecule has 8 nitrogen and oxygen atoms in total. The Kier molecular flexibility index (Phi) is 6.64. The molecule has 0 aliphatic heterocycles. The van der Waals surface area contributed by atoms with Crippen molar-refractivity contribution in [2.75, 3.05) is 5.75 Å². The maximum absolute atomic E-state index is 11.9. The van der Waals surface area contributed by atoms with E-state index in [9.17, 15) is 9.59 Å². The monoisotopic (exact) mass is 398 g/mol. The molecule has 0 aliphatic rings. The number of para-hydroxylation sites is 1. The number of hydrazine groups is 1. The summed E-state index contributed by atoms with van der Waals surface area (Å²) in [6.07, 6.45) is 0. The third-order valence-electron chi connectivity index (χ3n) is 3.57. The summed E-state index contributed by atoms with van der Waals surface area (Å²) in [7, 11) is 0. The van der Waals surface area contributed by atoms with Crippen LogP contribution in [-0.2, 0) is 11.4 Å². The largest absolute Gasteiger partial charge is 0.484 e. The highest BCUT2D eigenvalue weighted by atomic mass is 32.2. The maximum Gasteiger partial charge on any atom is 0.277 e. The van der Waals surface area contributed by atoms with Crippen LogP contribution in [0.1, 0.15) is 21.8 Å². The molecule has 0 fully saturated rings. The fourth-order valence-corrected chi connectivity index (χ4v) is 2.74. The number of hydrogen-bond acceptors (Lipinski definition) is 7. The van der Waals surface area contributed by atoms with E-state index in [4.69, 9.17) is 9.15 Å². The van der Waals surface area contributed by atoms with Gasteiger partial charge in [-0.1, -0.05) is 48.2 Å². The predicted molar refractivity (Wildman–Crippen MR) is 103 cm³/mol. The molecule has 1 aromatic heterocycles. The number of carbonyl (C=O) groups excluding carboxylic acids is 2. The van der Waals surface area contributed by atoms with Crippen molar-refractivity contribution in [1.82, 2.24) is 21.0 Å². The molecule has 0 saturated heterocycles. The molecule has 0 spiro atoms. The van der Waals surface area contributed by atoms with Crippen molar-refractivity contribution >= 4 is 23.6 Å². The van der Waals surface area contributed by atoms with Crippen molar-refractivity contribution in [1.29, 1.82) is 0 Å². The number of hydrogen-bond donors (Lipinski definition) is 2. The van der Waals surface area contributed by atoms with E-state index in [1.165, 1.54) is 0 Å². The van der Waals surface area contributed by atoms with Crippen molar-refractivity contribution in [2.45, 2.75) is 18.8 Å². The Labute approximate surface area is 165 Å². The maximum atomic E-state index is 11.9. The molecule has 28 heavy (non-hydrogen) atoms. The minimum Gasteiger partial charge on any atom is -0.484 e. The molecule has 0 radical (unpaired) electrons. The average molecular weight is 398 g/mol. The van der Waals surface area contributed by atoms with Crippen LogP contribution < -0.4 is 15.6 Å². The molecular weight excluding hydrogens is 380 g/mol. The number of ether oxygens (including phenoxy) is 1. The Bertz CT molecular complexity index is 946. The molecule has 0 atom stereocenters. The van der Waals surface area contributed by atoms with Gasteiger partial charge in [-0.25, -0.2) is 0 Å². The van der Waals surface area contributed by atoms with Crippen LogP contribution in [0.4, 0.5) is 0 Å². The number of amides is 2. The van der Waals surface area contributed by atoms with Gasteiger partial charge in [0.1, 0.15) is 5.75 Å². The minimum atomic E-state index is -0.398. The van der Waals surface area contributed by atoms with Gasteiger partial charge >= 0.3 is 0 Å². The van der Waals surface area contributed by atoms with Crippen molar-refractivity contribution in [3.05, 3.63) is 71.6 Å². The quantitative estimate of drug-likeness (QED) is 0.465. The standard InChI is InChI=1S/C19H18N4O4S/c1-13-7-5-6-10-15(13)26-11-17-21-23-19(27-17)28-12-16(24)20-22-18(25)14-8-3-2-4-9-14/h2-10H,11-12H2,1H3,(H,20,24)(H,22,25). The number of nitrogens with zero attached hydrogens (tertiary/aromatic N) is 2. The molecule has 3 aromatic rings. The first-order valence-corrected chi connectivity index (χ1v) is 9.38. The Morgan fingerprint density at radius 3 is 2.57 bits per heavy atom. The molecule has 2 amide bonds. The Morgan fingerprint density at radius 1 is 1.04 bits per heavy atom. The summed E-state index contributed by atoms with van der Waals surface area (Å²) in [5.74, 6) is 0.263. The first kappa shape index (κ1) is 19.4. The first-order valence-electron chi connectivity index (χ1n) is 8.39. The minimum absolute atomic E-state index is 0.00928. The fraction of sp³-hybridized carbons (Fsp3) is 0.158. The van der Waals surface area contributed by atoms with Gasteiger partial charge in [0, 0.05) is 5.56 Å². The predicted octanol–water partition coefficient (Wildman–Crippen LogP) is 2.51. The van der Waals surface area contributed by atoms with E-state index in [2.05, 4.69) is 21.0 Å². The number of aromatic nitrogens is 2. The van der Waals surface area contributed by atoms with Crippen molar-refractivity contribution in [3.8, 4) is 5.75 Å². The lowest BCUT2D eigenvalue weighted by Gasteiger charge is -2.06. The fourth-order valence-electron chi connectivity index (χ4n) is 2.16. The van der Waals surface area contributed by atoms with Gasteiger partial charge in [0.15, 0.2) is 6.61 Å². The molecule has 3 rings (SSSR count). The van der Waals surface area contributed by atoms with E-state index in [-0.39, 0.29) is 17.6 Å². The van der Waals surface area contributed by atoms with Crippen LogP contribution in [0.5, 0.6) is 5.75 Å². The van der Waals surface area contributed by atoms with Crippen LogP contribution in [0.2, 0.25) is 0 Å². The second kappa shape index (κ2) is 9.56. The van der Waals surface area contributed by atoms with Crippen LogP contribution in [0.15, 0.2) is 64.2 Å². The summed E-state index contributed by atoms with van der Waals surface area (Å²) in [6, 6.07) is 16.2. The third kappa shape index (κ3) is 5.58. The van der Waals surface area contributed by atoms with E-state index >= 15 is 0 Å². The number of thioether (sulfide) groups is 1. The van der Waals surface area contributed by atoms with Crippen LogP contribution >= 0.6 is 11.8 Å². The second-order valence-corrected chi connectivity index (χ2v) is 6.60. The summed E-state index contributed by atoms with van der Waals surface area (Å²) < 4.78 is 11.1. The lowest BCUT2D eigenvalue weighted by molar-refractivity contribution is -0.119. The molecule has 1 heterocycles. The van der Waals surface area contributed by atoms with Crippen LogP contribution in [0.3, 0.4) is 0 Å². The highest BCUT2D eigenvalue weighted by Gasteiger charge is 2.12. The van der Waals surface area contributed by atoms with Crippen LogP contribution in [0.25, 0.3) is 0 Å². The molecule has 0 saturated carbocycles. The van der Waals surface area contributed by atoms with Gasteiger partial charge in [-0.05, 0) is 30.7 Å². The average Bonchev–Trinajstić information content (AvgIpc) is 3.18. The van der Waals surface area contributed by atoms with Crippen molar-refractivity contribution in [3.63, 3.8) is 0 Å². The van der Waals surface area contributed by atoms with Gasteiger partial charge in [0.05, 0.1) is 5.75 Å². The third-order valence-corrected chi connectivity index (χ3v) is 4.39. The number of rotatable bonds is 7. The van der Waals surface area contributed by atoms with Crippen LogP contribution in [-0.4, -0.2) is 27.8 Å². The molecule has 2 aromatic carbocycles. The summed E-state index contributed by atoms with van der Waals surface area (Å²) >= 11 is 1.06. The molecule has 9 heteroatoms. The lowest BCUT2D eigenvalue weighted by Crippen LogP contribution is -2.42. The number of carbonyl (C=O) groups is 2. The zero-order valence-corrected chi connectivity index (χ0v) is 15.9. The highest BCUT2D eigenvalue weighted by Crippen LogP contribution is 2.19. The molecule has 2 N–H and O–H groups in total. The molecule has 0 unspecified atom stereocenters. The molecular formula is C19H18N4O4S. The normalized spacial score (nSPS) is 10.3. The van der Waals surface area contributed by atoms with Gasteiger partial charge in [-0.2, -0.15) is 0 Å². The topological polar surface area (TPSA) is 106 Å². The summed E-state index contributed by atoms with van der Waals surface area (Å²) in [4.78, 5) is 23.7. The first-order chi connectivity index (χ1) is 13.6. The van der Waals surface area contributed by atoms with E-state index in [1.807, 2.05) is 31.2 Å². The highest BCUT2D eigenvalue weighted by molar-refractivity contribution is 7.99. The van der Waals surface area contributed by atoms with Gasteiger partial charge in [-0.15, -0.1) is 10.2 Å². The van der Waals surface area contributed by atoms with Crippen molar-refractivity contribution in [2.24, 2.45) is 0 Å². The number of benzene rings is 2. The van der Waals surface area contributed by atoms with Gasteiger partial charge in [0.25, 0.3) is 17.0 Å². The van der Waals surface area contributed by atoms with E-state index in [1.54, 1.807) is 30.3 Å². The summed E-state index contributed by atoms with van der Waals surface area (Å²) in [5.41, 5.74) is 6.14. The Hall–Kier alpha value is -3.33. The smallest absolute Gasteiger partial charge is 0.277 e. The summed E-state index contributed by atoms with van der Waals surface area (Å²) in [6.45, 7) is 2.08. The second-order valence-electron chi connectivity index (χ2n) is 5.67. The van der Waals surface area contributed by atoms with Gasteiger partial charge in [-0.3, -0.25) is 20.4 Å². The van der Waals surface area contributed by atoms with Crippen LogP contribution in [0, 0.1) is 6.92 Å². The zero-order valence-electron chi connectivity index (χ0n) is 15.0. The van der Waals surface area contributed by atoms with E-state index < -0.39 is 11.8 Å². The Morgan fingerprint density at radius 2 is 1.79 bits per heavy atom. The number of aryl methyl sites for hydroxylation is 1.